The minimum absolute atomic E-state index is 0.201. The molecule has 2 N–H and O–H groups in total. The molecule has 0 spiro atoms. The molecule has 118 valence electrons. The van der Waals surface area contributed by atoms with Gasteiger partial charge in [0.1, 0.15) is 0 Å². The van der Waals surface area contributed by atoms with Crippen LogP contribution >= 0.6 is 0 Å². The Morgan fingerprint density at radius 2 is 1.95 bits per heavy atom. The van der Waals surface area contributed by atoms with Gasteiger partial charge >= 0.3 is 5.69 Å². The van der Waals surface area contributed by atoms with Gasteiger partial charge in [0, 0.05) is 39.9 Å². The van der Waals surface area contributed by atoms with Gasteiger partial charge in [0.25, 0.3) is 5.56 Å². The minimum Gasteiger partial charge on any atom is -0.329 e. The van der Waals surface area contributed by atoms with Gasteiger partial charge in [0.15, 0.2) is 4.90 Å². The zero-order valence-electron chi connectivity index (χ0n) is 12.3. The van der Waals surface area contributed by atoms with Gasteiger partial charge in [-0.2, -0.15) is 4.31 Å². The molecule has 1 aromatic heterocycles. The molecule has 1 atom stereocenters. The minimum atomic E-state index is -3.99. The predicted molar refractivity (Wildman–Crippen MR) is 77.4 cm³/mol. The van der Waals surface area contributed by atoms with E-state index in [-0.39, 0.29) is 18.5 Å². The van der Waals surface area contributed by atoms with Crippen LogP contribution in [0.5, 0.6) is 0 Å². The number of rotatable bonds is 5. The van der Waals surface area contributed by atoms with Crippen LogP contribution in [0.1, 0.15) is 12.8 Å². The molecule has 0 amide bonds. The van der Waals surface area contributed by atoms with E-state index in [1.54, 1.807) is 0 Å². The second-order valence-corrected chi connectivity index (χ2v) is 7.38. The topological polar surface area (TPSA) is 107 Å². The summed E-state index contributed by atoms with van der Waals surface area (Å²) in [4.78, 5) is 23.3. The molecule has 1 fully saturated rings. The van der Waals surface area contributed by atoms with Crippen molar-refractivity contribution in [1.29, 1.82) is 0 Å². The predicted octanol–water partition coefficient (Wildman–Crippen LogP) is -1.56. The maximum atomic E-state index is 12.6. The van der Waals surface area contributed by atoms with Gasteiger partial charge in [-0.25, -0.2) is 13.2 Å². The van der Waals surface area contributed by atoms with Gasteiger partial charge in [-0.15, -0.1) is 0 Å². The molecule has 0 bridgehead atoms. The summed E-state index contributed by atoms with van der Waals surface area (Å²) in [6.45, 7) is 0.201. The average molecular weight is 316 g/mol. The lowest BCUT2D eigenvalue weighted by Crippen LogP contribution is -2.47. The van der Waals surface area contributed by atoms with E-state index in [1.165, 1.54) is 21.1 Å². The quantitative estimate of drug-likeness (QED) is 0.707. The lowest BCUT2D eigenvalue weighted by Gasteiger charge is -2.26. The fraction of sp³-hybridized carbons (Fsp3) is 0.667. The number of hydrogen-bond donors (Lipinski definition) is 1. The van der Waals surface area contributed by atoms with Crippen molar-refractivity contribution in [3.8, 4) is 0 Å². The molecule has 21 heavy (non-hydrogen) atoms. The summed E-state index contributed by atoms with van der Waals surface area (Å²) in [5.41, 5.74) is 4.27. The third-order valence-corrected chi connectivity index (χ3v) is 5.81. The molecular formula is C12H20N4O4S. The molecule has 0 aromatic carbocycles. The van der Waals surface area contributed by atoms with E-state index < -0.39 is 26.2 Å². The van der Waals surface area contributed by atoms with Crippen molar-refractivity contribution in [3.05, 3.63) is 27.0 Å². The highest BCUT2D eigenvalue weighted by molar-refractivity contribution is 7.89. The summed E-state index contributed by atoms with van der Waals surface area (Å²) < 4.78 is 28.3. The monoisotopic (exact) mass is 316 g/mol. The van der Waals surface area contributed by atoms with Gasteiger partial charge in [-0.1, -0.05) is 0 Å². The molecule has 1 heterocycles. The Morgan fingerprint density at radius 3 is 2.43 bits per heavy atom. The summed E-state index contributed by atoms with van der Waals surface area (Å²) in [5, 5.41) is 0. The van der Waals surface area contributed by atoms with Gasteiger partial charge in [0.2, 0.25) is 10.0 Å². The first-order valence-corrected chi connectivity index (χ1v) is 8.10. The summed E-state index contributed by atoms with van der Waals surface area (Å²) in [7, 11) is 0.0987. The molecule has 0 radical (unpaired) electrons. The molecular weight excluding hydrogens is 296 g/mol. The molecule has 1 unspecified atom stereocenters. The first-order valence-electron chi connectivity index (χ1n) is 6.66. The van der Waals surface area contributed by atoms with E-state index in [4.69, 9.17) is 5.73 Å². The zero-order chi connectivity index (χ0) is 15.9. The van der Waals surface area contributed by atoms with E-state index in [0.717, 1.165) is 32.5 Å². The Hall–Kier alpha value is -1.45. The second-order valence-electron chi connectivity index (χ2n) is 5.41. The number of sulfonamides is 1. The largest absolute Gasteiger partial charge is 0.330 e. The Labute approximate surface area is 122 Å². The third kappa shape index (κ3) is 2.68. The average Bonchev–Trinajstić information content (AvgIpc) is 3.25. The first kappa shape index (κ1) is 15.9. The van der Waals surface area contributed by atoms with Crippen LogP contribution in [0.4, 0.5) is 0 Å². The van der Waals surface area contributed by atoms with Crippen molar-refractivity contribution in [2.45, 2.75) is 23.8 Å². The van der Waals surface area contributed by atoms with Gasteiger partial charge in [-0.3, -0.25) is 9.36 Å². The van der Waals surface area contributed by atoms with E-state index in [2.05, 4.69) is 0 Å². The molecule has 1 aromatic rings. The molecule has 1 aliphatic rings. The molecule has 0 saturated heterocycles. The van der Waals surface area contributed by atoms with E-state index in [1.807, 2.05) is 0 Å². The fourth-order valence-electron chi connectivity index (χ4n) is 2.40. The number of likely N-dealkylation sites (N-methyl/N-ethyl adjacent to an activating group) is 1. The van der Waals surface area contributed by atoms with E-state index in [9.17, 15) is 18.0 Å². The Balaban J connectivity index is 2.54. The number of nitrogens with two attached hydrogens (primary N) is 1. The zero-order valence-corrected chi connectivity index (χ0v) is 13.1. The third-order valence-electron chi connectivity index (χ3n) is 3.95. The van der Waals surface area contributed by atoms with Crippen molar-refractivity contribution < 1.29 is 8.42 Å². The highest BCUT2D eigenvalue weighted by Gasteiger charge is 2.39. The van der Waals surface area contributed by atoms with Crippen LogP contribution in [0.3, 0.4) is 0 Å². The summed E-state index contributed by atoms with van der Waals surface area (Å²) >= 11 is 0. The molecule has 1 saturated carbocycles. The SMILES string of the molecule is CN(C(CN)C1CC1)S(=O)(=O)c1cn(C)c(=O)n(C)c1=O. The summed E-state index contributed by atoms with van der Waals surface area (Å²) in [6, 6.07) is -0.322. The van der Waals surface area contributed by atoms with Crippen molar-refractivity contribution in [1.82, 2.24) is 13.4 Å². The van der Waals surface area contributed by atoms with Crippen molar-refractivity contribution >= 4 is 10.0 Å². The van der Waals surface area contributed by atoms with Gasteiger partial charge in [0.05, 0.1) is 0 Å². The van der Waals surface area contributed by atoms with Crippen LogP contribution in [0, 0.1) is 5.92 Å². The second kappa shape index (κ2) is 5.39. The smallest absolute Gasteiger partial charge is 0.329 e. The van der Waals surface area contributed by atoms with Crippen molar-refractivity contribution in [2.75, 3.05) is 13.6 Å². The standard InChI is InChI=1S/C12H20N4O4S/c1-14-7-10(11(17)15(2)12(14)18)21(19,20)16(3)9(6-13)8-4-5-8/h7-9H,4-6,13H2,1-3H3. The molecule has 9 heteroatoms. The van der Waals surface area contributed by atoms with Crippen LogP contribution < -0.4 is 17.0 Å². The number of aromatic nitrogens is 2. The lowest BCUT2D eigenvalue weighted by atomic mass is 10.2. The molecule has 1 aliphatic carbocycles. The number of hydrogen-bond acceptors (Lipinski definition) is 5. The van der Waals surface area contributed by atoms with Crippen molar-refractivity contribution in [3.63, 3.8) is 0 Å². The Morgan fingerprint density at radius 1 is 1.38 bits per heavy atom. The van der Waals surface area contributed by atoms with Crippen LogP contribution in [0.15, 0.2) is 20.7 Å². The van der Waals surface area contributed by atoms with E-state index >= 15 is 0 Å². The van der Waals surface area contributed by atoms with Crippen LogP contribution in [-0.2, 0) is 24.1 Å². The fourth-order valence-corrected chi connectivity index (χ4v) is 3.98. The van der Waals surface area contributed by atoms with E-state index in [0.29, 0.717) is 0 Å². The Kier molecular flexibility index (Phi) is 4.09. The number of nitrogens with zero attached hydrogens (tertiary/aromatic N) is 3. The maximum absolute atomic E-state index is 12.6. The van der Waals surface area contributed by atoms with Crippen molar-refractivity contribution in [2.24, 2.45) is 25.7 Å². The molecule has 8 nitrogen and oxygen atoms in total. The highest BCUT2D eigenvalue weighted by Crippen LogP contribution is 2.35. The summed E-state index contributed by atoms with van der Waals surface area (Å²) in [5.74, 6) is 0.242. The van der Waals surface area contributed by atoms with Crippen LogP contribution in [0.25, 0.3) is 0 Å². The maximum Gasteiger partial charge on any atom is 0.330 e. The van der Waals surface area contributed by atoms with Gasteiger partial charge < -0.3 is 10.3 Å². The normalized spacial score (nSPS) is 17.2. The number of aryl methyl sites for hydroxylation is 1. The molecule has 2 rings (SSSR count). The van der Waals surface area contributed by atoms with Gasteiger partial charge in [-0.05, 0) is 18.8 Å². The Bertz CT molecular complexity index is 760. The lowest BCUT2D eigenvalue weighted by molar-refractivity contribution is 0.339. The van der Waals surface area contributed by atoms with Crippen LogP contribution in [0.2, 0.25) is 0 Å². The first-order chi connectivity index (χ1) is 9.71. The molecule has 0 aliphatic heterocycles. The highest BCUT2D eigenvalue weighted by atomic mass is 32.2. The van der Waals surface area contributed by atoms with Crippen LogP contribution in [-0.4, -0.2) is 41.5 Å². The summed E-state index contributed by atoms with van der Waals surface area (Å²) in [6.07, 6.45) is 2.94.